The molecule has 1 fully saturated rings. The van der Waals surface area contributed by atoms with Gasteiger partial charge in [-0.25, -0.2) is 9.78 Å². The molecule has 0 unspecified atom stereocenters. The number of carboxylic acid groups (broad SMARTS) is 3. The van der Waals surface area contributed by atoms with Crippen molar-refractivity contribution in [1.82, 2.24) is 94.3 Å². The Morgan fingerprint density at radius 1 is 0.462 bits per heavy atom. The number of nitrogens with one attached hydrogen (secondary N) is 16. The summed E-state index contributed by atoms with van der Waals surface area (Å²) in [6.07, 6.45) is -1.34. The number of nitrogens with zero attached hydrogens (tertiary/aromatic N) is 2. The molecule has 1 aliphatic heterocycles. The Balaban J connectivity index is 0.923. The summed E-state index contributed by atoms with van der Waals surface area (Å²) in [6, 6.07) is 10.5. The van der Waals surface area contributed by atoms with Crippen LogP contribution in [-0.4, -0.2) is 279 Å². The number of rotatable bonds is 57. The van der Waals surface area contributed by atoms with Crippen molar-refractivity contribution >= 4 is 123 Å². The number of amides is 16. The number of carbonyl (C=O) groups is 19. The zero-order valence-electron chi connectivity index (χ0n) is 79.8. The van der Waals surface area contributed by atoms with Gasteiger partial charge >= 0.3 is 17.9 Å². The van der Waals surface area contributed by atoms with Gasteiger partial charge in [0.05, 0.1) is 37.9 Å². The van der Waals surface area contributed by atoms with E-state index in [2.05, 4.69) is 89.4 Å². The maximum absolute atomic E-state index is 15.0. The van der Waals surface area contributed by atoms with Crippen molar-refractivity contribution in [3.63, 3.8) is 0 Å². The summed E-state index contributed by atoms with van der Waals surface area (Å²) in [5.41, 5.74) is 20.3. The molecule has 0 bridgehead atoms. The number of para-hydroxylation sites is 1. The van der Waals surface area contributed by atoms with Crippen LogP contribution >= 0.6 is 0 Å². The zero-order valence-corrected chi connectivity index (χ0v) is 79.8. The Kier molecular flexibility index (Phi) is 43.5. The van der Waals surface area contributed by atoms with Crippen molar-refractivity contribution in [3.05, 3.63) is 186 Å². The molecule has 143 heavy (non-hydrogen) atoms. The van der Waals surface area contributed by atoms with E-state index in [-0.39, 0.29) is 87.9 Å². The van der Waals surface area contributed by atoms with Gasteiger partial charge in [0, 0.05) is 80.5 Å². The summed E-state index contributed by atoms with van der Waals surface area (Å²) in [7, 11) is 0. The fourth-order valence-corrected chi connectivity index (χ4v) is 15.8. The molecule has 8 rings (SSSR count). The van der Waals surface area contributed by atoms with Crippen molar-refractivity contribution < 1.29 is 122 Å². The smallest absolute Gasteiger partial charge is 0.326 e. The van der Waals surface area contributed by atoms with E-state index in [0.717, 1.165) is 11.8 Å². The number of benzene rings is 5. The Morgan fingerprint density at radius 2 is 0.916 bits per heavy atom. The molecule has 770 valence electrons. The van der Waals surface area contributed by atoms with Gasteiger partial charge in [0.25, 0.3) is 0 Å². The molecule has 0 radical (unpaired) electrons. The average molecular weight is 1990 g/mol. The van der Waals surface area contributed by atoms with Gasteiger partial charge in [0.2, 0.25) is 94.5 Å². The standard InChI is InChI=1S/C97H127N21O25/c1-7-52(4)81(116-91(136)71(42-58-29-33-62(121)34-30-58)109-89(134)73(44-60-48-101-50-104-60)111-86(131)69(40-56-21-12-9-13-22-56)108-83(128)64(99)45-79(126)127)94(139)115-80(51(2)3)93(138)113-68(39-55-19-10-8-11-20-55)84(129)103-49-77(123)105-53(5)96(141)118-38-18-26-75(118)92(137)106-66(35-36-78(124)125)85(130)117-82(54(6)119)95(140)114-70(41-57-27-31-61(120)32-28-57)87(132)112-74(46-76(100)122)90(135)110-72(43-59-47-102-65-24-15-14-23-63(59)65)88(133)107-67(97(142)143)25-16-17-37-98/h8-15,19-24,27-34,47-48,50-54,64,66-75,80-82,102,119-121H,7,16-18,25-26,35-46,49,98-99H2,1-6H3,(H2,100,122)(H,101,104)(H,103,129)(H,105,123)(H,106,137)(H,107,133)(H,108,128)(H,109,134)(H,110,135)(H,111,131)(H,112,132)(H,113,138)(H,114,140)(H,115,139)(H,116,136)(H,117,130)(H,124,125)(H,126,127)(H,142,143)/t52-,53-,54+,64-,66-,67-,68-,69-,70-,71-,72-,73-,74-,75-,80-,81-,82-/m0/s1. The number of aromatic nitrogens is 3. The minimum Gasteiger partial charge on any atom is -0.508 e. The SMILES string of the molecule is CC[C@H](C)[C@H](NC(=O)[C@H](Cc1ccc(O)cc1)NC(=O)[C@H](Cc1cnc[nH]1)NC(=O)[C@H](Cc1ccccc1)NC(=O)[C@@H](N)CC(=O)O)C(=O)N[C@H](C(=O)N[C@@H](Cc1ccccc1)C(=O)NCC(=O)N[C@@H](C)C(=O)N1CCC[C@H]1C(=O)N[C@@H](CCC(=O)O)C(=O)N[C@H](C(=O)N[C@@H](Cc1ccc(O)cc1)C(=O)N[C@@H](CC(N)=O)C(=O)N[C@@H](Cc1c[nH]c2ccccc12)C(=O)N[C@@H](CCCCN)C(=O)O)[C@@H](C)O)C(C)C. The number of nitrogens with two attached hydrogens (primary N) is 3. The lowest BCUT2D eigenvalue weighted by Crippen LogP contribution is -2.62. The lowest BCUT2D eigenvalue weighted by molar-refractivity contribution is -0.143. The van der Waals surface area contributed by atoms with Crippen molar-refractivity contribution in [3.8, 4) is 11.5 Å². The van der Waals surface area contributed by atoms with E-state index in [0.29, 0.717) is 51.7 Å². The monoisotopic (exact) mass is 1990 g/mol. The van der Waals surface area contributed by atoms with E-state index in [1.807, 2.05) is 0 Å². The fraction of sp³-hybridized carbons (Fsp3) is 0.443. The van der Waals surface area contributed by atoms with Crippen molar-refractivity contribution in [1.29, 1.82) is 0 Å². The van der Waals surface area contributed by atoms with E-state index in [1.54, 1.807) is 119 Å². The van der Waals surface area contributed by atoms with Gasteiger partial charge in [-0.2, -0.15) is 0 Å². The third kappa shape index (κ3) is 35.5. The van der Waals surface area contributed by atoms with Crippen LogP contribution in [0.25, 0.3) is 10.9 Å². The number of aromatic hydroxyl groups is 2. The number of carbonyl (C=O) groups excluding carboxylic acids is 16. The molecule has 7 aromatic rings. The number of aliphatic hydroxyl groups is 1. The molecule has 28 N–H and O–H groups in total. The quantitative estimate of drug-likeness (QED) is 0.0173. The molecule has 46 heteroatoms. The second-order valence-corrected chi connectivity index (χ2v) is 35.5. The third-order valence-corrected chi connectivity index (χ3v) is 23.9. The number of aliphatic hydroxyl groups excluding tert-OH is 1. The van der Waals surface area contributed by atoms with Crippen LogP contribution < -0.4 is 91.6 Å². The first-order chi connectivity index (χ1) is 68.0. The second kappa shape index (κ2) is 55.3. The van der Waals surface area contributed by atoms with Crippen LogP contribution in [0, 0.1) is 11.8 Å². The number of unbranched alkanes of at least 4 members (excludes halogenated alkanes) is 1. The van der Waals surface area contributed by atoms with Crippen molar-refractivity contribution in [2.24, 2.45) is 29.0 Å². The summed E-state index contributed by atoms with van der Waals surface area (Å²) in [4.78, 5) is 277. The van der Waals surface area contributed by atoms with Crippen molar-refractivity contribution in [2.75, 3.05) is 19.6 Å². The Bertz CT molecular complexity index is 5580. The van der Waals surface area contributed by atoms with Gasteiger partial charge in [-0.15, -0.1) is 0 Å². The molecule has 16 amide bonds. The average Bonchev–Trinajstić information content (AvgIpc) is 1.69. The number of aliphatic carboxylic acids is 3. The highest BCUT2D eigenvalue weighted by Crippen LogP contribution is 2.24. The van der Waals surface area contributed by atoms with Gasteiger partial charge in [0.15, 0.2) is 0 Å². The Morgan fingerprint density at radius 3 is 1.42 bits per heavy atom. The molecule has 17 atom stereocenters. The van der Waals surface area contributed by atoms with E-state index in [4.69, 9.17) is 17.2 Å². The zero-order chi connectivity index (χ0) is 105. The molecule has 46 nitrogen and oxygen atoms in total. The minimum atomic E-state index is -2.05. The van der Waals surface area contributed by atoms with Gasteiger partial charge in [0.1, 0.15) is 96.1 Å². The number of carboxylic acids is 3. The van der Waals surface area contributed by atoms with Crippen LogP contribution in [0.3, 0.4) is 0 Å². The largest absolute Gasteiger partial charge is 0.508 e. The van der Waals surface area contributed by atoms with Crippen LogP contribution in [0.2, 0.25) is 0 Å². The molecule has 0 aliphatic carbocycles. The maximum atomic E-state index is 15.0. The van der Waals surface area contributed by atoms with Crippen molar-refractivity contribution in [2.45, 2.75) is 241 Å². The number of primary amides is 1. The number of likely N-dealkylation sites (tertiary alicyclic amines) is 1. The number of phenolic OH excluding ortho intramolecular Hbond substituents is 2. The topological polar surface area (TPSA) is 740 Å². The number of hydrogen-bond acceptors (Lipinski definition) is 25. The van der Waals surface area contributed by atoms with Crippen LogP contribution in [0.15, 0.2) is 152 Å². The molecule has 3 heterocycles. The van der Waals surface area contributed by atoms with Gasteiger partial charge < -0.3 is 137 Å². The van der Waals surface area contributed by atoms with E-state index in [9.17, 15) is 122 Å². The van der Waals surface area contributed by atoms with Crippen LogP contribution in [0.1, 0.15) is 139 Å². The minimum absolute atomic E-state index is 0.0428. The fourth-order valence-electron chi connectivity index (χ4n) is 15.8. The normalized spacial score (nSPS) is 15.6. The molecular formula is C97H127N21O25. The summed E-state index contributed by atoms with van der Waals surface area (Å²) in [5, 5.41) is 97.0. The lowest BCUT2D eigenvalue weighted by atomic mass is 9.95. The highest BCUT2D eigenvalue weighted by Gasteiger charge is 2.43. The molecule has 0 saturated carbocycles. The van der Waals surface area contributed by atoms with Crippen LogP contribution in [-0.2, 0) is 130 Å². The molecule has 1 saturated heterocycles. The summed E-state index contributed by atoms with van der Waals surface area (Å²) >= 11 is 0. The summed E-state index contributed by atoms with van der Waals surface area (Å²) in [5.74, 6) is -22.4. The lowest BCUT2D eigenvalue weighted by Gasteiger charge is -2.30. The molecule has 5 aromatic carbocycles. The third-order valence-electron chi connectivity index (χ3n) is 23.9. The van der Waals surface area contributed by atoms with Crippen LogP contribution in [0.5, 0.6) is 11.5 Å². The van der Waals surface area contributed by atoms with Crippen LogP contribution in [0.4, 0.5) is 0 Å². The highest BCUT2D eigenvalue weighted by atomic mass is 16.4. The first-order valence-corrected chi connectivity index (χ1v) is 46.8. The predicted octanol–water partition coefficient (Wildman–Crippen LogP) is -2.67. The predicted molar refractivity (Wildman–Crippen MR) is 514 cm³/mol. The number of fused-ring (bicyclic) bond motifs is 1. The van der Waals surface area contributed by atoms with Gasteiger partial charge in [-0.1, -0.05) is 137 Å². The second-order valence-electron chi connectivity index (χ2n) is 35.5. The molecule has 1 aliphatic rings. The highest BCUT2D eigenvalue weighted by molar-refractivity contribution is 6.02. The molecular weight excluding hydrogens is 1860 g/mol. The maximum Gasteiger partial charge on any atom is 0.326 e. The van der Waals surface area contributed by atoms with Gasteiger partial charge in [-0.05, 0) is 129 Å². The number of H-pyrrole nitrogens is 2. The van der Waals surface area contributed by atoms with Gasteiger partial charge in [-0.3, -0.25) is 86.3 Å². The number of hydrogen-bond donors (Lipinski definition) is 25. The molecule has 2 aromatic heterocycles. The first kappa shape index (κ1) is 113. The number of imidazole rings is 1. The van der Waals surface area contributed by atoms with E-state index in [1.165, 1.54) is 68.0 Å². The Labute approximate surface area is 822 Å². The summed E-state index contributed by atoms with van der Waals surface area (Å²) < 4.78 is 0. The number of aromatic amines is 2. The van der Waals surface area contributed by atoms with E-state index < -0.39 is 260 Å². The summed E-state index contributed by atoms with van der Waals surface area (Å²) in [6.45, 7) is 8.18. The molecule has 0 spiro atoms. The Hall–Kier alpha value is -15.7. The van der Waals surface area contributed by atoms with E-state index >= 15 is 0 Å². The number of phenols is 2. The first-order valence-electron chi connectivity index (χ1n) is 46.8.